The molecule has 6 aliphatic rings. The molecule has 6 aliphatic heterocycles. The molecule has 25 N–H and O–H groups in total. The molecule has 0 unspecified atom stereocenters. The van der Waals surface area contributed by atoms with Gasteiger partial charge in [0.2, 0.25) is 23.6 Å². The van der Waals surface area contributed by atoms with Gasteiger partial charge in [0.25, 0.3) is 5.79 Å². The summed E-state index contributed by atoms with van der Waals surface area (Å²) in [7, 11) is -5.57. The van der Waals surface area contributed by atoms with Crippen LogP contribution in [0.4, 0.5) is 0 Å². The van der Waals surface area contributed by atoms with Crippen molar-refractivity contribution in [3.63, 3.8) is 0 Å². The molecule has 6 rings (SSSR count). The van der Waals surface area contributed by atoms with Crippen LogP contribution < -0.4 is 21.3 Å². The number of aliphatic hydroxyl groups excluding tert-OH is 19. The maximum absolute atomic E-state index is 13.7. The molecular weight excluding hydrogens is 1380 g/mol. The van der Waals surface area contributed by atoms with E-state index >= 15 is 0 Å². The van der Waals surface area contributed by atoms with E-state index in [0.717, 1.165) is 27.7 Å². The highest BCUT2D eigenvalue weighted by atomic mass is 32.3. The van der Waals surface area contributed by atoms with Crippen LogP contribution in [0.5, 0.6) is 0 Å². The highest BCUT2D eigenvalue weighted by Gasteiger charge is 2.62. The lowest BCUT2D eigenvalue weighted by Crippen LogP contribution is -2.72. The smallest absolute Gasteiger partial charge is 0.397 e. The normalized spacial score (nSPS) is 41.8. The number of carbonyl (C=O) groups is 5. The van der Waals surface area contributed by atoms with Crippen molar-refractivity contribution in [2.45, 2.75) is 255 Å². The first-order chi connectivity index (χ1) is 46.3. The van der Waals surface area contributed by atoms with Crippen LogP contribution in [0.15, 0.2) is 0 Å². The lowest BCUT2D eigenvalue weighted by Gasteiger charge is -2.52. The van der Waals surface area contributed by atoms with E-state index in [1.165, 1.54) is 6.92 Å². The van der Waals surface area contributed by atoms with E-state index in [1.54, 1.807) is 0 Å². The molecule has 0 aromatic carbocycles. The number of rotatable bonds is 31. The third-order valence-electron chi connectivity index (χ3n) is 16.9. The minimum Gasteiger partial charge on any atom is -0.477 e. The van der Waals surface area contributed by atoms with Gasteiger partial charge in [-0.15, -0.1) is 0 Å². The van der Waals surface area contributed by atoms with Crippen LogP contribution in [-0.4, -0.2) is 405 Å². The zero-order valence-electron chi connectivity index (χ0n) is 53.3. The fourth-order valence-electron chi connectivity index (χ4n) is 11.9. The molecule has 0 aromatic rings. The molecule has 0 saturated carbocycles. The molecule has 0 spiro atoms. The standard InChI is InChI=1S/C53H90N4O41S/c1-14-30(70)37(77)39(79)49(88-14)96-46-38(78)34(74)24(10-61)90-51(46)93-41(19(7-58)54-15(2)63)32(72)22(69)12-86-47-29(57-18(5)66)36(76)42(26(92-47)13-87-99(83,84)85)94-50-40(80)45(43(25(11-62)91-50)95-48-28(56-17(4)65)35(75)33(73)23(9-60)89-48)98-53(52(81)82)6-20(67)27(55-16(3)64)44(97-53)31(71)21(68)8-59/h14,19-51,58-62,67-80H,6-13H2,1-5H3,(H,54,63)(H,55,64)(H,56,65)(H,57,66)(H,81,82)(H,83,84,85)/t14-,19-,20-,21+,22+,23+,24+,25+,26+,27+,28+,29+,30+,31+,32-,33-,34-,35+,36+,37+,38-,39-,40+,41+,42+,43-,44+,45+,46+,47+,48-,49-,50-,51-,53-/m0/s1. The number of nitrogens with one attached hydrogen (secondary N) is 4. The third kappa shape index (κ3) is 20.3. The molecule has 6 heterocycles. The Labute approximate surface area is 561 Å². The molecule has 0 aromatic heterocycles. The summed E-state index contributed by atoms with van der Waals surface area (Å²) in [6, 6.07) is -7.64. The van der Waals surface area contributed by atoms with E-state index in [2.05, 4.69) is 25.5 Å². The Morgan fingerprint density at radius 2 is 1.05 bits per heavy atom. The number of carboxylic acids is 1. The molecular formula is C53H90N4O41S. The quantitative estimate of drug-likeness (QED) is 0.0287. The number of carboxylic acid groups (broad SMARTS) is 1. The SMILES string of the molecule is CC(=O)N[C@H]1[C@H](OC[C@@H](O)[C@H](O)[C@H](O[C@@H]2O[C@H](CO)[C@H](O)[C@H](O)[C@H]2O[C@@H]2O[C@@H](C)[C@@H](O)[C@@H](O)[C@@H]2O)[C@H](CO)NC(C)=O)O[C@H](COS(=O)(=O)O)[C@@H](O[C@@H]2O[C@H](CO)[C@H](O[C@@H]3O[C@H](CO)[C@H](O)[C@H](O)[C@H]3NC(C)=O)[C@H](O[C@]3(C(=O)O)C[C@H](O)[C@@H](NC(C)=O)[C@H]([C@H](O)[C@H](O)CO)O3)[C@H]2O)[C@@H]1O. The zero-order chi connectivity index (χ0) is 74.2. The van der Waals surface area contributed by atoms with Crippen molar-refractivity contribution in [3.8, 4) is 0 Å². The van der Waals surface area contributed by atoms with Gasteiger partial charge in [0, 0.05) is 34.1 Å². The lowest BCUT2D eigenvalue weighted by atomic mass is 9.88. The summed E-state index contributed by atoms with van der Waals surface area (Å²) in [6.07, 6.45) is -66.5. The van der Waals surface area contributed by atoms with Gasteiger partial charge >= 0.3 is 16.4 Å². The minimum atomic E-state index is -5.57. The second-order valence-electron chi connectivity index (χ2n) is 24.3. The second-order valence-corrected chi connectivity index (χ2v) is 25.3. The molecule has 0 radical (unpaired) electrons. The molecule has 4 amide bonds. The van der Waals surface area contributed by atoms with Crippen molar-refractivity contribution in [2.75, 3.05) is 46.2 Å². The molecule has 0 aliphatic carbocycles. The van der Waals surface area contributed by atoms with E-state index in [0.29, 0.717) is 0 Å². The monoisotopic (exact) mass is 1470 g/mol. The van der Waals surface area contributed by atoms with Crippen molar-refractivity contribution >= 4 is 40.0 Å². The van der Waals surface area contributed by atoms with Crippen LogP contribution in [0.25, 0.3) is 0 Å². The van der Waals surface area contributed by atoms with E-state index in [1.807, 2.05) is 0 Å². The van der Waals surface area contributed by atoms with Crippen molar-refractivity contribution in [1.82, 2.24) is 21.3 Å². The number of aliphatic hydroxyl groups is 19. The number of hydrogen-bond donors (Lipinski definition) is 25. The Balaban J connectivity index is 1.37. The minimum absolute atomic E-state index is 0.853. The number of amides is 4. The summed E-state index contributed by atoms with van der Waals surface area (Å²) < 4.78 is 109. The van der Waals surface area contributed by atoms with Gasteiger partial charge in [0.05, 0.1) is 70.5 Å². The van der Waals surface area contributed by atoms with E-state index in [4.69, 9.17) is 56.8 Å². The fourth-order valence-corrected chi connectivity index (χ4v) is 12.2. The Hall–Kier alpha value is -4.02. The van der Waals surface area contributed by atoms with Gasteiger partial charge in [0.15, 0.2) is 31.5 Å². The van der Waals surface area contributed by atoms with Gasteiger partial charge in [-0.25, -0.2) is 8.98 Å². The van der Waals surface area contributed by atoms with Gasteiger partial charge in [-0.05, 0) is 6.92 Å². The number of hydrogen-bond acceptors (Lipinski definition) is 39. The largest absolute Gasteiger partial charge is 0.477 e. The van der Waals surface area contributed by atoms with Crippen LogP contribution in [0.2, 0.25) is 0 Å². The molecule has 46 heteroatoms. The Kier molecular flexibility index (Phi) is 30.6. The van der Waals surface area contributed by atoms with Crippen molar-refractivity contribution in [1.29, 1.82) is 0 Å². The first-order valence-electron chi connectivity index (χ1n) is 30.7. The Morgan fingerprint density at radius 1 is 0.535 bits per heavy atom. The van der Waals surface area contributed by atoms with Crippen LogP contribution >= 0.6 is 0 Å². The van der Waals surface area contributed by atoms with Crippen molar-refractivity contribution in [2.24, 2.45) is 0 Å². The molecule has 6 saturated heterocycles. The molecule has 6 fully saturated rings. The maximum Gasteiger partial charge on any atom is 0.397 e. The number of carbonyl (C=O) groups excluding carboxylic acids is 4. The second kappa shape index (κ2) is 36.1. The average molecular weight is 1470 g/mol. The maximum atomic E-state index is 13.7. The van der Waals surface area contributed by atoms with Crippen LogP contribution in [0.1, 0.15) is 41.0 Å². The molecule has 35 atom stereocenters. The highest BCUT2D eigenvalue weighted by Crippen LogP contribution is 2.41. The summed E-state index contributed by atoms with van der Waals surface area (Å²) in [6.45, 7) is -3.83. The number of ether oxygens (including phenoxy) is 12. The Morgan fingerprint density at radius 3 is 1.59 bits per heavy atom. The van der Waals surface area contributed by atoms with E-state index in [9.17, 15) is 139 Å². The van der Waals surface area contributed by atoms with Gasteiger partial charge in [0.1, 0.15) is 152 Å². The highest BCUT2D eigenvalue weighted by molar-refractivity contribution is 7.80. The van der Waals surface area contributed by atoms with Gasteiger partial charge in [-0.2, -0.15) is 8.42 Å². The number of aliphatic carboxylic acids is 1. The van der Waals surface area contributed by atoms with Crippen LogP contribution in [0.3, 0.4) is 0 Å². The molecule has 0 bridgehead atoms. The topological polar surface area (TPSA) is 712 Å². The van der Waals surface area contributed by atoms with Crippen LogP contribution in [0, 0.1) is 0 Å². The third-order valence-corrected chi connectivity index (χ3v) is 17.4. The molecule has 45 nitrogen and oxygen atoms in total. The molecule has 574 valence electrons. The zero-order valence-corrected chi connectivity index (χ0v) is 54.1. The van der Waals surface area contributed by atoms with Crippen molar-refractivity contribution in [3.05, 3.63) is 0 Å². The molecule has 99 heavy (non-hydrogen) atoms. The van der Waals surface area contributed by atoms with Crippen LogP contribution in [-0.2, 0) is 95.4 Å². The summed E-state index contributed by atoms with van der Waals surface area (Å²) >= 11 is 0. The predicted molar refractivity (Wildman–Crippen MR) is 307 cm³/mol. The lowest BCUT2D eigenvalue weighted by molar-refractivity contribution is -0.398. The van der Waals surface area contributed by atoms with Gasteiger partial charge < -0.3 is 180 Å². The summed E-state index contributed by atoms with van der Waals surface area (Å²) in [5.74, 6) is -9.57. The first-order valence-corrected chi connectivity index (χ1v) is 32.0. The van der Waals surface area contributed by atoms with Gasteiger partial charge in [-0.3, -0.25) is 23.7 Å². The Bertz CT molecular complexity index is 2740. The summed E-state index contributed by atoms with van der Waals surface area (Å²) in [4.78, 5) is 64.0. The summed E-state index contributed by atoms with van der Waals surface area (Å²) in [5, 5.41) is 229. The summed E-state index contributed by atoms with van der Waals surface area (Å²) in [5.41, 5.74) is 0. The average Bonchev–Trinajstić information content (AvgIpc) is 0.754. The van der Waals surface area contributed by atoms with E-state index < -0.39 is 307 Å². The van der Waals surface area contributed by atoms with E-state index in [-0.39, 0.29) is 0 Å². The fraction of sp³-hybridized carbons (Fsp3) is 0.906. The van der Waals surface area contributed by atoms with Gasteiger partial charge in [-0.1, -0.05) is 0 Å². The predicted octanol–water partition coefficient (Wildman–Crippen LogP) is -16.0. The first kappa shape index (κ1) is 83.9. The van der Waals surface area contributed by atoms with Crippen molar-refractivity contribution < 1.29 is 200 Å².